The third-order valence-corrected chi connectivity index (χ3v) is 5.39. The fourth-order valence-corrected chi connectivity index (χ4v) is 4.45. The van der Waals surface area contributed by atoms with Gasteiger partial charge >= 0.3 is 0 Å². The topological polar surface area (TPSA) is 59.1 Å². The highest BCUT2D eigenvalue weighted by Crippen LogP contribution is 2.23. The summed E-state index contributed by atoms with van der Waals surface area (Å²) in [6, 6.07) is 4.32. The summed E-state index contributed by atoms with van der Waals surface area (Å²) in [5.74, 6) is 1.03. The second-order valence-corrected chi connectivity index (χ2v) is 7.28. The van der Waals surface area contributed by atoms with Gasteiger partial charge in [0, 0.05) is 18.4 Å². The summed E-state index contributed by atoms with van der Waals surface area (Å²) in [4.78, 5) is 4.10. The summed E-state index contributed by atoms with van der Waals surface area (Å²) in [6.45, 7) is 0. The van der Waals surface area contributed by atoms with Gasteiger partial charge in [-0.1, -0.05) is 6.07 Å². The molecule has 0 radical (unpaired) electrons. The van der Waals surface area contributed by atoms with Gasteiger partial charge in [-0.25, -0.2) is 8.42 Å². The van der Waals surface area contributed by atoms with Gasteiger partial charge in [-0.2, -0.15) is 0 Å². The standard InChI is InChI=1S/C13H20N2O2S/c1-14-13(7-11-3-2-5-15-9-11)8-12-4-6-18(16,17)10-12/h2-3,5,9,12-14H,4,6-8,10H2,1H3. The number of nitrogens with one attached hydrogen (secondary N) is 1. The number of aromatic nitrogens is 1. The molecule has 1 saturated heterocycles. The van der Waals surface area contributed by atoms with Crippen LogP contribution in [0.15, 0.2) is 24.5 Å². The Labute approximate surface area is 109 Å². The highest BCUT2D eigenvalue weighted by molar-refractivity contribution is 7.91. The quantitative estimate of drug-likeness (QED) is 0.867. The van der Waals surface area contributed by atoms with Gasteiger partial charge in [0.05, 0.1) is 11.5 Å². The minimum Gasteiger partial charge on any atom is -0.317 e. The molecule has 1 aromatic rings. The molecule has 18 heavy (non-hydrogen) atoms. The van der Waals surface area contributed by atoms with Gasteiger partial charge in [-0.3, -0.25) is 4.98 Å². The lowest BCUT2D eigenvalue weighted by Gasteiger charge is -2.19. The van der Waals surface area contributed by atoms with Crippen LogP contribution in [-0.2, 0) is 16.3 Å². The van der Waals surface area contributed by atoms with Gasteiger partial charge < -0.3 is 5.32 Å². The molecule has 2 rings (SSSR count). The fourth-order valence-electron chi connectivity index (χ4n) is 2.57. The van der Waals surface area contributed by atoms with Gasteiger partial charge in [0.2, 0.25) is 0 Å². The van der Waals surface area contributed by atoms with Crippen molar-refractivity contribution in [3.05, 3.63) is 30.1 Å². The number of nitrogens with zero attached hydrogens (tertiary/aromatic N) is 1. The van der Waals surface area contributed by atoms with Crippen LogP contribution >= 0.6 is 0 Å². The summed E-state index contributed by atoms with van der Waals surface area (Å²) in [7, 11) is -0.827. The second-order valence-electron chi connectivity index (χ2n) is 5.06. The fraction of sp³-hybridized carbons (Fsp3) is 0.615. The first-order chi connectivity index (χ1) is 8.59. The van der Waals surface area contributed by atoms with Crippen molar-refractivity contribution in [2.75, 3.05) is 18.6 Å². The van der Waals surface area contributed by atoms with Gasteiger partial charge in [-0.05, 0) is 43.9 Å². The predicted molar refractivity (Wildman–Crippen MR) is 72.2 cm³/mol. The molecule has 100 valence electrons. The van der Waals surface area contributed by atoms with Crippen molar-refractivity contribution in [2.24, 2.45) is 5.92 Å². The predicted octanol–water partition coefficient (Wildman–Crippen LogP) is 1.04. The molecule has 0 aromatic carbocycles. The van der Waals surface area contributed by atoms with Crippen molar-refractivity contribution in [2.45, 2.75) is 25.3 Å². The second kappa shape index (κ2) is 5.80. The minimum absolute atomic E-state index is 0.309. The zero-order chi connectivity index (χ0) is 13.0. The highest BCUT2D eigenvalue weighted by Gasteiger charge is 2.29. The lowest BCUT2D eigenvalue weighted by Crippen LogP contribution is -2.30. The third-order valence-electron chi connectivity index (χ3n) is 3.56. The van der Waals surface area contributed by atoms with Crippen molar-refractivity contribution >= 4 is 9.84 Å². The van der Waals surface area contributed by atoms with E-state index in [1.54, 1.807) is 6.20 Å². The van der Waals surface area contributed by atoms with Crippen LogP contribution in [0.4, 0.5) is 0 Å². The Morgan fingerprint density at radius 3 is 2.94 bits per heavy atom. The van der Waals surface area contributed by atoms with E-state index in [2.05, 4.69) is 16.4 Å². The first kappa shape index (κ1) is 13.5. The molecule has 1 N–H and O–H groups in total. The van der Waals surface area contributed by atoms with Crippen LogP contribution in [0.25, 0.3) is 0 Å². The molecule has 0 saturated carbocycles. The van der Waals surface area contributed by atoms with Crippen LogP contribution in [0, 0.1) is 5.92 Å². The smallest absolute Gasteiger partial charge is 0.150 e. The lowest BCUT2D eigenvalue weighted by molar-refractivity contribution is 0.424. The first-order valence-electron chi connectivity index (χ1n) is 6.35. The van der Waals surface area contributed by atoms with E-state index in [4.69, 9.17) is 0 Å². The molecule has 1 fully saturated rings. The normalized spacial score (nSPS) is 23.9. The van der Waals surface area contributed by atoms with Crippen molar-refractivity contribution in [1.82, 2.24) is 10.3 Å². The average Bonchev–Trinajstić information content (AvgIpc) is 2.69. The molecule has 0 amide bonds. The third kappa shape index (κ3) is 3.78. The Morgan fingerprint density at radius 2 is 2.39 bits per heavy atom. The van der Waals surface area contributed by atoms with Crippen molar-refractivity contribution < 1.29 is 8.42 Å². The Kier molecular flexibility index (Phi) is 4.35. The maximum atomic E-state index is 11.4. The monoisotopic (exact) mass is 268 g/mol. The number of hydrogen-bond donors (Lipinski definition) is 1. The summed E-state index contributed by atoms with van der Waals surface area (Å²) >= 11 is 0. The van der Waals surface area contributed by atoms with E-state index in [0.29, 0.717) is 23.5 Å². The van der Waals surface area contributed by atoms with E-state index in [-0.39, 0.29) is 0 Å². The molecule has 5 heteroatoms. The van der Waals surface area contributed by atoms with Crippen LogP contribution in [0.2, 0.25) is 0 Å². The molecule has 2 heterocycles. The van der Waals surface area contributed by atoms with Crippen LogP contribution in [0.1, 0.15) is 18.4 Å². The number of pyridine rings is 1. The lowest BCUT2D eigenvalue weighted by atomic mass is 9.95. The SMILES string of the molecule is CNC(Cc1cccnc1)CC1CCS(=O)(=O)C1. The van der Waals surface area contributed by atoms with Gasteiger partial charge in [0.15, 0.2) is 9.84 Å². The summed E-state index contributed by atoms with van der Waals surface area (Å²) < 4.78 is 22.9. The Balaban J connectivity index is 1.90. The molecule has 0 aliphatic carbocycles. The van der Waals surface area contributed by atoms with E-state index >= 15 is 0 Å². The zero-order valence-electron chi connectivity index (χ0n) is 10.7. The van der Waals surface area contributed by atoms with Crippen molar-refractivity contribution in [3.8, 4) is 0 Å². The van der Waals surface area contributed by atoms with Gasteiger partial charge in [0.1, 0.15) is 0 Å². The number of likely N-dealkylation sites (N-methyl/N-ethyl adjacent to an activating group) is 1. The molecule has 2 unspecified atom stereocenters. The van der Waals surface area contributed by atoms with Crippen LogP contribution in [-0.4, -0.2) is 38.0 Å². The zero-order valence-corrected chi connectivity index (χ0v) is 11.5. The van der Waals surface area contributed by atoms with Gasteiger partial charge in [-0.15, -0.1) is 0 Å². The van der Waals surface area contributed by atoms with E-state index in [9.17, 15) is 8.42 Å². The number of rotatable bonds is 5. The molecule has 0 bridgehead atoms. The molecule has 1 aliphatic rings. The van der Waals surface area contributed by atoms with Crippen molar-refractivity contribution in [1.29, 1.82) is 0 Å². The maximum Gasteiger partial charge on any atom is 0.150 e. The largest absolute Gasteiger partial charge is 0.317 e. The summed E-state index contributed by atoms with van der Waals surface area (Å²) in [5, 5.41) is 3.28. The van der Waals surface area contributed by atoms with Gasteiger partial charge in [0.25, 0.3) is 0 Å². The van der Waals surface area contributed by atoms with Crippen LogP contribution in [0.5, 0.6) is 0 Å². The summed E-state index contributed by atoms with van der Waals surface area (Å²) in [5.41, 5.74) is 1.19. The maximum absolute atomic E-state index is 11.4. The number of sulfone groups is 1. The Morgan fingerprint density at radius 1 is 1.56 bits per heavy atom. The summed E-state index contributed by atoms with van der Waals surface area (Å²) in [6.07, 6.45) is 6.27. The van der Waals surface area contributed by atoms with Crippen molar-refractivity contribution in [3.63, 3.8) is 0 Å². The van der Waals surface area contributed by atoms with E-state index < -0.39 is 9.84 Å². The average molecular weight is 268 g/mol. The molecular weight excluding hydrogens is 248 g/mol. The van der Waals surface area contributed by atoms with E-state index in [1.807, 2.05) is 19.3 Å². The molecular formula is C13H20N2O2S. The van der Waals surface area contributed by atoms with E-state index in [0.717, 1.165) is 19.3 Å². The minimum atomic E-state index is -2.76. The van der Waals surface area contributed by atoms with Crippen LogP contribution < -0.4 is 5.32 Å². The Bertz CT molecular complexity index is 473. The molecule has 2 atom stereocenters. The molecule has 1 aliphatic heterocycles. The van der Waals surface area contributed by atoms with Crippen LogP contribution in [0.3, 0.4) is 0 Å². The first-order valence-corrected chi connectivity index (χ1v) is 8.18. The van der Waals surface area contributed by atoms with E-state index in [1.165, 1.54) is 5.56 Å². The number of hydrogen-bond acceptors (Lipinski definition) is 4. The molecule has 1 aromatic heterocycles. The molecule has 4 nitrogen and oxygen atoms in total. The molecule has 0 spiro atoms. The Hall–Kier alpha value is -0.940. The highest BCUT2D eigenvalue weighted by atomic mass is 32.2.